The van der Waals surface area contributed by atoms with Crippen LogP contribution >= 0.6 is 11.3 Å². The van der Waals surface area contributed by atoms with E-state index < -0.39 is 0 Å². The highest BCUT2D eigenvalue weighted by atomic mass is 32.1. The van der Waals surface area contributed by atoms with Gasteiger partial charge in [0.2, 0.25) is 5.91 Å². The van der Waals surface area contributed by atoms with E-state index in [1.165, 1.54) is 30.6 Å². The van der Waals surface area contributed by atoms with Gasteiger partial charge in [-0.2, -0.15) is 0 Å². The van der Waals surface area contributed by atoms with Crippen LogP contribution < -0.4 is 10.6 Å². The van der Waals surface area contributed by atoms with E-state index in [0.717, 1.165) is 40.8 Å². The minimum absolute atomic E-state index is 0.106. The maximum atomic E-state index is 13.6. The quantitative estimate of drug-likeness (QED) is 0.697. The highest BCUT2D eigenvalue weighted by Crippen LogP contribution is 2.65. The van der Waals surface area contributed by atoms with E-state index in [4.69, 9.17) is 4.74 Å². The summed E-state index contributed by atoms with van der Waals surface area (Å²) in [5.41, 5.74) is 2.44. The normalized spacial score (nSPS) is 29.7. The van der Waals surface area contributed by atoms with Gasteiger partial charge in [-0.25, -0.2) is 0 Å². The number of nitrogens with zero attached hydrogens (tertiary/aromatic N) is 1. The van der Waals surface area contributed by atoms with Crippen LogP contribution in [0.4, 0.5) is 5.00 Å². The van der Waals surface area contributed by atoms with Gasteiger partial charge in [0.25, 0.3) is 5.91 Å². The molecule has 32 heavy (non-hydrogen) atoms. The summed E-state index contributed by atoms with van der Waals surface area (Å²) in [6, 6.07) is 5.81. The van der Waals surface area contributed by atoms with Crippen molar-refractivity contribution in [2.45, 2.75) is 51.6 Å². The number of pyridine rings is 1. The molecule has 7 rings (SSSR count). The Kier molecular flexibility index (Phi) is 5.06. The molecule has 0 saturated heterocycles. The van der Waals surface area contributed by atoms with Crippen molar-refractivity contribution < 1.29 is 14.3 Å². The molecular formula is C25H29N3O3S. The Morgan fingerprint density at radius 2 is 2.03 bits per heavy atom. The fraction of sp³-hybridized carbons (Fsp3) is 0.560. The van der Waals surface area contributed by atoms with Crippen molar-refractivity contribution in [1.82, 2.24) is 10.3 Å². The lowest BCUT2D eigenvalue weighted by Crippen LogP contribution is -2.38. The highest BCUT2D eigenvalue weighted by Gasteiger charge is 2.61. The van der Waals surface area contributed by atoms with E-state index in [-0.39, 0.29) is 17.2 Å². The van der Waals surface area contributed by atoms with E-state index in [0.29, 0.717) is 49.1 Å². The monoisotopic (exact) mass is 451 g/mol. The standard InChI is InChI=1S/C25H29N3O3S/c29-22(27-7-4-18-3-1-2-6-26-18)21-19-5-8-31-14-20(19)32-23(21)28-24(30)25-12-15-9-16(13-25)11-17(25)10-15/h1-3,6,15-17H,4-5,7-14H2,(H,27,29)(H,28,30). The van der Waals surface area contributed by atoms with Gasteiger partial charge < -0.3 is 15.4 Å². The number of amides is 2. The van der Waals surface area contributed by atoms with Gasteiger partial charge in [-0.15, -0.1) is 11.3 Å². The fourth-order valence-corrected chi connectivity index (χ4v) is 8.07. The molecule has 168 valence electrons. The lowest BCUT2D eigenvalue weighted by Gasteiger charge is -2.31. The number of nitrogens with one attached hydrogen (secondary N) is 2. The number of thiophene rings is 1. The number of rotatable bonds is 6. The molecule has 2 amide bonds. The Bertz CT molecular complexity index is 1040. The molecule has 5 aliphatic rings. The maximum Gasteiger partial charge on any atom is 0.254 e. The first kappa shape index (κ1) is 20.4. The van der Waals surface area contributed by atoms with Crippen LogP contribution in [0.1, 0.15) is 58.6 Å². The van der Waals surface area contributed by atoms with Gasteiger partial charge in [0.15, 0.2) is 0 Å². The molecule has 0 spiro atoms. The Balaban J connectivity index is 1.22. The first-order chi connectivity index (χ1) is 15.6. The van der Waals surface area contributed by atoms with Gasteiger partial charge in [-0.3, -0.25) is 14.6 Å². The molecule has 2 unspecified atom stereocenters. The highest BCUT2D eigenvalue weighted by molar-refractivity contribution is 7.17. The van der Waals surface area contributed by atoms with Crippen LogP contribution in [-0.2, 0) is 29.0 Å². The summed E-state index contributed by atoms with van der Waals surface area (Å²) in [7, 11) is 0. The van der Waals surface area contributed by atoms with Gasteiger partial charge in [0, 0.05) is 29.7 Å². The lowest BCUT2D eigenvalue weighted by molar-refractivity contribution is -0.127. The number of hydrogen-bond donors (Lipinski definition) is 2. The predicted octanol–water partition coefficient (Wildman–Crippen LogP) is 3.95. The van der Waals surface area contributed by atoms with Crippen LogP contribution in [0.25, 0.3) is 0 Å². The summed E-state index contributed by atoms with van der Waals surface area (Å²) in [6.45, 7) is 1.64. The topological polar surface area (TPSA) is 80.3 Å². The molecule has 4 saturated carbocycles. The van der Waals surface area contributed by atoms with Crippen LogP contribution in [0.5, 0.6) is 0 Å². The molecule has 2 N–H and O–H groups in total. The summed E-state index contributed by atoms with van der Waals surface area (Å²) in [5.74, 6) is 2.01. The number of hydrogen-bond acceptors (Lipinski definition) is 5. The van der Waals surface area contributed by atoms with E-state index in [1.807, 2.05) is 18.2 Å². The Morgan fingerprint density at radius 1 is 1.19 bits per heavy atom. The van der Waals surface area contributed by atoms with Gasteiger partial charge >= 0.3 is 0 Å². The van der Waals surface area contributed by atoms with Crippen molar-refractivity contribution in [2.24, 2.45) is 23.2 Å². The molecule has 4 fully saturated rings. The Hall–Kier alpha value is -2.25. The molecule has 7 heteroatoms. The van der Waals surface area contributed by atoms with Crippen molar-refractivity contribution in [3.63, 3.8) is 0 Å². The van der Waals surface area contributed by atoms with Crippen molar-refractivity contribution in [1.29, 1.82) is 0 Å². The lowest BCUT2D eigenvalue weighted by atomic mass is 9.75. The summed E-state index contributed by atoms with van der Waals surface area (Å²) in [4.78, 5) is 32.2. The molecule has 0 radical (unpaired) electrons. The molecule has 2 atom stereocenters. The zero-order chi connectivity index (χ0) is 21.7. The van der Waals surface area contributed by atoms with Crippen molar-refractivity contribution >= 4 is 28.2 Å². The van der Waals surface area contributed by atoms with Gasteiger partial charge in [-0.05, 0) is 74.0 Å². The summed E-state index contributed by atoms with van der Waals surface area (Å²) in [6.07, 6.45) is 8.93. The van der Waals surface area contributed by atoms with E-state index in [2.05, 4.69) is 15.6 Å². The second kappa shape index (κ2) is 7.96. The minimum Gasteiger partial charge on any atom is -0.376 e. The zero-order valence-electron chi connectivity index (χ0n) is 18.2. The Morgan fingerprint density at radius 3 is 2.81 bits per heavy atom. The van der Waals surface area contributed by atoms with Crippen LogP contribution in [0.15, 0.2) is 24.4 Å². The molecular weight excluding hydrogens is 422 g/mol. The average Bonchev–Trinajstić information content (AvgIpc) is 3.37. The molecule has 3 heterocycles. The smallest absolute Gasteiger partial charge is 0.254 e. The number of carbonyl (C=O) groups excluding carboxylic acids is 2. The Labute approximate surface area is 192 Å². The van der Waals surface area contributed by atoms with Gasteiger partial charge in [-0.1, -0.05) is 6.07 Å². The molecule has 2 aromatic rings. The van der Waals surface area contributed by atoms with Crippen molar-refractivity contribution in [2.75, 3.05) is 18.5 Å². The van der Waals surface area contributed by atoms with E-state index in [1.54, 1.807) is 6.20 Å². The summed E-state index contributed by atoms with van der Waals surface area (Å²) < 4.78 is 5.63. The third-order valence-corrected chi connectivity index (χ3v) is 9.23. The third-order valence-electron chi connectivity index (χ3n) is 8.11. The van der Waals surface area contributed by atoms with Gasteiger partial charge in [0.1, 0.15) is 5.00 Å². The molecule has 6 nitrogen and oxygen atoms in total. The molecule has 1 aliphatic heterocycles. The summed E-state index contributed by atoms with van der Waals surface area (Å²) in [5, 5.41) is 7.02. The SMILES string of the molecule is O=C(NCCc1ccccn1)c1c(NC(=O)C23CC4CC(CC2C4)C3)sc2c1CCOC2. The predicted molar refractivity (Wildman–Crippen MR) is 123 cm³/mol. The van der Waals surface area contributed by atoms with Crippen LogP contribution in [0.3, 0.4) is 0 Å². The number of aromatic nitrogens is 1. The van der Waals surface area contributed by atoms with Crippen LogP contribution in [-0.4, -0.2) is 29.9 Å². The number of ether oxygens (including phenoxy) is 1. The van der Waals surface area contributed by atoms with E-state index in [9.17, 15) is 9.59 Å². The van der Waals surface area contributed by atoms with Crippen LogP contribution in [0.2, 0.25) is 0 Å². The largest absolute Gasteiger partial charge is 0.376 e. The second-order valence-electron chi connectivity index (χ2n) is 9.99. The fourth-order valence-electron chi connectivity index (χ4n) is 6.89. The molecule has 2 aromatic heterocycles. The van der Waals surface area contributed by atoms with Crippen molar-refractivity contribution in [3.05, 3.63) is 46.1 Å². The molecule has 4 bridgehead atoms. The summed E-state index contributed by atoms with van der Waals surface area (Å²) >= 11 is 1.52. The first-order valence-corrected chi connectivity index (χ1v) is 12.7. The average molecular weight is 452 g/mol. The maximum absolute atomic E-state index is 13.6. The molecule has 0 aromatic carbocycles. The van der Waals surface area contributed by atoms with Gasteiger partial charge in [0.05, 0.1) is 24.2 Å². The number of carbonyl (C=O) groups is 2. The van der Waals surface area contributed by atoms with E-state index >= 15 is 0 Å². The first-order valence-electron chi connectivity index (χ1n) is 11.8. The minimum atomic E-state index is -0.207. The number of fused-ring (bicyclic) bond motifs is 1. The number of anilines is 1. The van der Waals surface area contributed by atoms with Crippen molar-refractivity contribution in [3.8, 4) is 0 Å². The van der Waals surface area contributed by atoms with Crippen LogP contribution in [0, 0.1) is 23.2 Å². The molecule has 4 aliphatic carbocycles. The third kappa shape index (κ3) is 3.37. The second-order valence-corrected chi connectivity index (χ2v) is 11.1. The zero-order valence-corrected chi connectivity index (χ0v) is 19.0.